The van der Waals surface area contributed by atoms with Crippen molar-refractivity contribution in [3.8, 4) is 0 Å². The van der Waals surface area contributed by atoms with Crippen LogP contribution in [0.25, 0.3) is 0 Å². The van der Waals surface area contributed by atoms with Crippen molar-refractivity contribution in [2.24, 2.45) is 11.3 Å². The second-order valence-corrected chi connectivity index (χ2v) is 8.61. The lowest BCUT2D eigenvalue weighted by atomic mass is 9.69. The summed E-state index contributed by atoms with van der Waals surface area (Å²) in [6.07, 6.45) is 11.1. The summed E-state index contributed by atoms with van der Waals surface area (Å²) >= 11 is 0. The average Bonchev–Trinajstić information content (AvgIpc) is 2.97. The van der Waals surface area contributed by atoms with Crippen LogP contribution >= 0.6 is 0 Å². The third kappa shape index (κ3) is 4.45. The molecule has 0 saturated heterocycles. The predicted molar refractivity (Wildman–Crippen MR) is 92.7 cm³/mol. The molecule has 124 valence electrons. The summed E-state index contributed by atoms with van der Waals surface area (Å²) < 4.78 is 0. The van der Waals surface area contributed by atoms with E-state index in [2.05, 4.69) is 45.0 Å². The highest BCUT2D eigenvalue weighted by Crippen LogP contribution is 2.40. The Hall–Kier alpha value is -0.0800. The summed E-state index contributed by atoms with van der Waals surface area (Å²) in [5.41, 5.74) is 0.463. The summed E-state index contributed by atoms with van der Waals surface area (Å²) in [6.45, 7) is 10.8. The summed E-state index contributed by atoms with van der Waals surface area (Å²) in [5.74, 6) is 0.881. The number of hydrogen-bond donors (Lipinski definition) is 1. The number of nitrogens with zero attached hydrogens (tertiary/aromatic N) is 1. The van der Waals surface area contributed by atoms with Crippen LogP contribution in [0.5, 0.6) is 0 Å². The minimum atomic E-state index is 0.463. The molecule has 2 nitrogen and oxygen atoms in total. The molecule has 0 amide bonds. The van der Waals surface area contributed by atoms with Crippen molar-refractivity contribution in [3.63, 3.8) is 0 Å². The Bertz CT molecular complexity index is 301. The average molecular weight is 295 g/mol. The molecule has 21 heavy (non-hydrogen) atoms. The SMILES string of the molecule is CCCNC1CCC(C(C)(C)C)CC1N(C)C1CCCC1. The molecule has 0 bridgehead atoms. The normalized spacial score (nSPS) is 32.0. The van der Waals surface area contributed by atoms with Crippen LogP contribution in [0.1, 0.15) is 79.1 Å². The van der Waals surface area contributed by atoms with Gasteiger partial charge in [0.25, 0.3) is 0 Å². The van der Waals surface area contributed by atoms with Crippen LogP contribution in [0.2, 0.25) is 0 Å². The van der Waals surface area contributed by atoms with E-state index in [-0.39, 0.29) is 0 Å². The van der Waals surface area contributed by atoms with Gasteiger partial charge in [-0.15, -0.1) is 0 Å². The maximum absolute atomic E-state index is 3.86. The first kappa shape index (κ1) is 17.3. The second kappa shape index (κ2) is 7.46. The van der Waals surface area contributed by atoms with Crippen LogP contribution < -0.4 is 5.32 Å². The van der Waals surface area contributed by atoms with E-state index in [1.54, 1.807) is 0 Å². The number of rotatable bonds is 5. The van der Waals surface area contributed by atoms with Crippen LogP contribution in [0.15, 0.2) is 0 Å². The number of nitrogens with one attached hydrogen (secondary N) is 1. The molecule has 0 heterocycles. The van der Waals surface area contributed by atoms with Crippen molar-refractivity contribution in [1.82, 2.24) is 10.2 Å². The molecule has 0 aromatic carbocycles. The zero-order chi connectivity index (χ0) is 15.5. The van der Waals surface area contributed by atoms with Gasteiger partial charge in [0.2, 0.25) is 0 Å². The van der Waals surface area contributed by atoms with Gasteiger partial charge in [0, 0.05) is 18.1 Å². The van der Waals surface area contributed by atoms with Crippen molar-refractivity contribution in [1.29, 1.82) is 0 Å². The van der Waals surface area contributed by atoms with Crippen molar-refractivity contribution < 1.29 is 0 Å². The van der Waals surface area contributed by atoms with Crippen LogP contribution in [0.3, 0.4) is 0 Å². The van der Waals surface area contributed by atoms with E-state index < -0.39 is 0 Å². The molecule has 2 saturated carbocycles. The summed E-state index contributed by atoms with van der Waals surface area (Å²) in [6, 6.07) is 2.31. The van der Waals surface area contributed by atoms with Crippen molar-refractivity contribution in [2.45, 2.75) is 97.2 Å². The highest BCUT2D eigenvalue weighted by atomic mass is 15.2. The van der Waals surface area contributed by atoms with Gasteiger partial charge in [-0.2, -0.15) is 0 Å². The third-order valence-electron chi connectivity index (χ3n) is 6.12. The molecule has 2 aliphatic carbocycles. The van der Waals surface area contributed by atoms with E-state index in [1.807, 2.05) is 0 Å². The molecule has 0 aromatic rings. The molecule has 0 aromatic heterocycles. The molecule has 1 N–H and O–H groups in total. The second-order valence-electron chi connectivity index (χ2n) is 8.61. The first-order valence-corrected chi connectivity index (χ1v) is 9.38. The standard InChI is InChI=1S/C19H38N2/c1-6-13-20-17-12-11-15(19(2,3)4)14-18(17)21(5)16-9-7-8-10-16/h15-18,20H,6-14H2,1-5H3. The van der Waals surface area contributed by atoms with E-state index in [0.29, 0.717) is 11.5 Å². The highest BCUT2D eigenvalue weighted by Gasteiger charge is 2.39. The molecule has 3 unspecified atom stereocenters. The fourth-order valence-corrected chi connectivity index (χ4v) is 4.53. The van der Waals surface area contributed by atoms with E-state index in [1.165, 1.54) is 57.9 Å². The van der Waals surface area contributed by atoms with Gasteiger partial charge < -0.3 is 5.32 Å². The summed E-state index contributed by atoms with van der Waals surface area (Å²) in [4.78, 5) is 2.76. The van der Waals surface area contributed by atoms with E-state index >= 15 is 0 Å². The Morgan fingerprint density at radius 2 is 1.71 bits per heavy atom. The molecule has 2 aliphatic rings. The quantitative estimate of drug-likeness (QED) is 0.806. The van der Waals surface area contributed by atoms with Gasteiger partial charge in [0.1, 0.15) is 0 Å². The summed E-state index contributed by atoms with van der Waals surface area (Å²) in [7, 11) is 2.41. The lowest BCUT2D eigenvalue weighted by molar-refractivity contribution is 0.0507. The molecule has 2 fully saturated rings. The van der Waals surface area contributed by atoms with Crippen LogP contribution in [-0.2, 0) is 0 Å². The van der Waals surface area contributed by atoms with Crippen LogP contribution in [0, 0.1) is 11.3 Å². The first-order chi connectivity index (χ1) is 9.93. The Balaban J connectivity index is 2.04. The predicted octanol–water partition coefficient (Wildman–Crippen LogP) is 4.44. The van der Waals surface area contributed by atoms with Gasteiger partial charge in [-0.05, 0) is 63.5 Å². The molecular formula is C19H38N2. The zero-order valence-corrected chi connectivity index (χ0v) is 15.1. The lowest BCUT2D eigenvalue weighted by Gasteiger charge is -2.47. The smallest absolute Gasteiger partial charge is 0.0252 e. The maximum atomic E-state index is 3.86. The van der Waals surface area contributed by atoms with Gasteiger partial charge >= 0.3 is 0 Å². The Morgan fingerprint density at radius 1 is 1.05 bits per heavy atom. The van der Waals surface area contributed by atoms with Crippen molar-refractivity contribution >= 4 is 0 Å². The van der Waals surface area contributed by atoms with Gasteiger partial charge in [0.05, 0.1) is 0 Å². The van der Waals surface area contributed by atoms with E-state index in [0.717, 1.165) is 18.0 Å². The number of likely N-dealkylation sites (N-methyl/N-ethyl adjacent to an activating group) is 1. The number of hydrogen-bond acceptors (Lipinski definition) is 2. The summed E-state index contributed by atoms with van der Waals surface area (Å²) in [5, 5.41) is 3.86. The van der Waals surface area contributed by atoms with Gasteiger partial charge in [-0.3, -0.25) is 4.90 Å². The fourth-order valence-electron chi connectivity index (χ4n) is 4.53. The lowest BCUT2D eigenvalue weighted by Crippen LogP contribution is -2.55. The van der Waals surface area contributed by atoms with Gasteiger partial charge in [0.15, 0.2) is 0 Å². The molecular weight excluding hydrogens is 256 g/mol. The zero-order valence-electron chi connectivity index (χ0n) is 15.1. The van der Waals surface area contributed by atoms with Crippen molar-refractivity contribution in [3.05, 3.63) is 0 Å². The Morgan fingerprint density at radius 3 is 2.29 bits per heavy atom. The monoisotopic (exact) mass is 294 g/mol. The third-order valence-corrected chi connectivity index (χ3v) is 6.12. The molecule has 0 radical (unpaired) electrons. The van der Waals surface area contributed by atoms with Gasteiger partial charge in [-0.1, -0.05) is 40.5 Å². The van der Waals surface area contributed by atoms with Gasteiger partial charge in [-0.25, -0.2) is 0 Å². The Kier molecular flexibility index (Phi) is 6.14. The minimum Gasteiger partial charge on any atom is -0.312 e. The molecule has 2 heteroatoms. The molecule has 2 rings (SSSR count). The Labute approximate surface area is 133 Å². The topological polar surface area (TPSA) is 15.3 Å². The molecule has 3 atom stereocenters. The largest absolute Gasteiger partial charge is 0.312 e. The van der Waals surface area contributed by atoms with E-state index in [9.17, 15) is 0 Å². The molecule has 0 spiro atoms. The van der Waals surface area contributed by atoms with Crippen LogP contribution in [0.4, 0.5) is 0 Å². The fraction of sp³-hybridized carbons (Fsp3) is 1.00. The minimum absolute atomic E-state index is 0.463. The van der Waals surface area contributed by atoms with E-state index in [4.69, 9.17) is 0 Å². The molecule has 0 aliphatic heterocycles. The van der Waals surface area contributed by atoms with Crippen LogP contribution in [-0.4, -0.2) is 36.6 Å². The maximum Gasteiger partial charge on any atom is 0.0252 e. The van der Waals surface area contributed by atoms with Crippen molar-refractivity contribution in [2.75, 3.05) is 13.6 Å². The highest BCUT2D eigenvalue weighted by molar-refractivity contribution is 4.95. The first-order valence-electron chi connectivity index (χ1n) is 9.38.